The monoisotopic (exact) mass is 394 g/mol. The first-order valence-electron chi connectivity index (χ1n) is 9.37. The summed E-state index contributed by atoms with van der Waals surface area (Å²) in [6.07, 6.45) is 4.08. The second kappa shape index (κ2) is 10.9. The Morgan fingerprint density at radius 3 is 1.77 bits per heavy atom. The van der Waals surface area contributed by atoms with E-state index in [9.17, 15) is 32.8 Å². The number of unbranched alkanes of at least 4 members (excludes halogenated alkanes) is 2. The maximum Gasteiger partial charge on any atom is 0.328 e. The fraction of sp³-hybridized carbons (Fsp3) is 0.889. The van der Waals surface area contributed by atoms with Crippen LogP contribution in [0.1, 0.15) is 79.1 Å². The van der Waals surface area contributed by atoms with Gasteiger partial charge >= 0.3 is 11.9 Å². The van der Waals surface area contributed by atoms with E-state index in [-0.39, 0.29) is 18.3 Å². The van der Waals surface area contributed by atoms with Crippen molar-refractivity contribution in [1.82, 2.24) is 0 Å². The van der Waals surface area contributed by atoms with Gasteiger partial charge in [-0.3, -0.25) is 14.1 Å². The van der Waals surface area contributed by atoms with E-state index in [0.29, 0.717) is 12.8 Å². The summed E-state index contributed by atoms with van der Waals surface area (Å²) in [4.78, 5) is 23.9. The Kier molecular flexibility index (Phi) is 10.4. The van der Waals surface area contributed by atoms with Crippen molar-refractivity contribution in [2.45, 2.75) is 83.8 Å². The molecule has 0 radical (unpaired) electrons. The van der Waals surface area contributed by atoms with Gasteiger partial charge in [0.15, 0.2) is 0 Å². The Bertz CT molecular complexity index is 558. The van der Waals surface area contributed by atoms with Crippen LogP contribution in [0.5, 0.6) is 0 Å². The van der Waals surface area contributed by atoms with Crippen molar-refractivity contribution >= 4 is 22.1 Å². The minimum absolute atomic E-state index is 0.109. The van der Waals surface area contributed by atoms with Gasteiger partial charge in [0.25, 0.3) is 10.1 Å². The second-order valence-electron chi connectivity index (χ2n) is 7.50. The molecule has 0 amide bonds. The van der Waals surface area contributed by atoms with E-state index in [2.05, 4.69) is 0 Å². The van der Waals surface area contributed by atoms with Crippen LogP contribution in [-0.4, -0.2) is 39.9 Å². The molecule has 0 aromatic heterocycles. The molecule has 154 valence electrons. The predicted octanol–water partition coefficient (Wildman–Crippen LogP) is 3.83. The maximum atomic E-state index is 12.2. The van der Waals surface area contributed by atoms with Crippen molar-refractivity contribution in [2.75, 3.05) is 0 Å². The second-order valence-corrected chi connectivity index (χ2v) is 9.17. The number of carbonyl (C=O) groups is 2. The van der Waals surface area contributed by atoms with Gasteiger partial charge in [-0.1, -0.05) is 66.2 Å². The third kappa shape index (κ3) is 6.54. The molecule has 0 rings (SSSR count). The molecule has 3 N–H and O–H groups in total. The van der Waals surface area contributed by atoms with Crippen LogP contribution >= 0.6 is 0 Å². The number of carboxylic acid groups (broad SMARTS) is 2. The number of carboxylic acids is 2. The third-order valence-electron chi connectivity index (χ3n) is 5.07. The first-order valence-corrected chi connectivity index (χ1v) is 10.8. The lowest BCUT2D eigenvalue weighted by Crippen LogP contribution is -2.56. The van der Waals surface area contributed by atoms with Crippen molar-refractivity contribution in [1.29, 1.82) is 0 Å². The minimum atomic E-state index is -5.14. The fourth-order valence-corrected chi connectivity index (χ4v) is 4.78. The largest absolute Gasteiger partial charge is 0.481 e. The Balaban J connectivity index is 5.97. The molecule has 0 heterocycles. The molecule has 8 heteroatoms. The molecule has 7 nitrogen and oxygen atoms in total. The molecule has 0 fully saturated rings. The topological polar surface area (TPSA) is 129 Å². The molecule has 0 aromatic rings. The molecule has 0 aliphatic heterocycles. The number of rotatable bonds is 14. The molecule has 0 aliphatic carbocycles. The van der Waals surface area contributed by atoms with Crippen molar-refractivity contribution in [3.8, 4) is 0 Å². The van der Waals surface area contributed by atoms with Crippen molar-refractivity contribution in [3.63, 3.8) is 0 Å². The van der Waals surface area contributed by atoms with E-state index in [1.54, 1.807) is 13.8 Å². The summed E-state index contributed by atoms with van der Waals surface area (Å²) in [7, 11) is -5.14. The van der Waals surface area contributed by atoms with Gasteiger partial charge in [-0.2, -0.15) is 8.42 Å². The highest BCUT2D eigenvalue weighted by Gasteiger charge is 2.59. The highest BCUT2D eigenvalue weighted by molar-refractivity contribution is 7.88. The van der Waals surface area contributed by atoms with Crippen LogP contribution in [0.25, 0.3) is 0 Å². The number of hydrogen-bond acceptors (Lipinski definition) is 4. The van der Waals surface area contributed by atoms with Crippen LogP contribution in [0.2, 0.25) is 0 Å². The Labute approximate surface area is 156 Å². The summed E-state index contributed by atoms with van der Waals surface area (Å²) < 4.78 is 31.4. The summed E-state index contributed by atoms with van der Waals surface area (Å²) in [5.74, 6) is -5.51. The average molecular weight is 395 g/mol. The van der Waals surface area contributed by atoms with Crippen LogP contribution in [-0.2, 0) is 19.7 Å². The summed E-state index contributed by atoms with van der Waals surface area (Å²) in [6, 6.07) is 0. The molecule has 26 heavy (non-hydrogen) atoms. The SMILES string of the molecule is CCCCC(C)CC(C(=O)O)C(CC(C)CCCC)(C(=O)O)S(=O)(=O)O. The van der Waals surface area contributed by atoms with E-state index in [4.69, 9.17) is 0 Å². The van der Waals surface area contributed by atoms with Gasteiger partial charge in [-0.25, -0.2) is 0 Å². The summed E-state index contributed by atoms with van der Waals surface area (Å²) >= 11 is 0. The first-order chi connectivity index (χ1) is 11.9. The molecule has 0 bridgehead atoms. The molecular formula is C18H34O7S. The van der Waals surface area contributed by atoms with Gasteiger partial charge < -0.3 is 10.2 Å². The Morgan fingerprint density at radius 2 is 1.42 bits per heavy atom. The van der Waals surface area contributed by atoms with Crippen LogP contribution < -0.4 is 0 Å². The van der Waals surface area contributed by atoms with Gasteiger partial charge in [-0.15, -0.1) is 0 Å². The van der Waals surface area contributed by atoms with Crippen LogP contribution in [0.15, 0.2) is 0 Å². The lowest BCUT2D eigenvalue weighted by molar-refractivity contribution is -0.153. The maximum absolute atomic E-state index is 12.2. The van der Waals surface area contributed by atoms with E-state index in [1.807, 2.05) is 13.8 Å². The van der Waals surface area contributed by atoms with Gasteiger partial charge in [-0.05, 0) is 24.7 Å². The molecule has 0 saturated heterocycles. The first kappa shape index (κ1) is 24.8. The quantitative estimate of drug-likeness (QED) is 0.382. The molecule has 4 unspecified atom stereocenters. The van der Waals surface area contributed by atoms with Gasteiger partial charge in [0.05, 0.1) is 5.92 Å². The summed E-state index contributed by atoms with van der Waals surface area (Å²) in [6.45, 7) is 7.41. The number of aliphatic carboxylic acids is 2. The van der Waals surface area contributed by atoms with E-state index < -0.39 is 39.1 Å². The van der Waals surface area contributed by atoms with Crippen LogP contribution in [0.3, 0.4) is 0 Å². The zero-order valence-electron chi connectivity index (χ0n) is 16.3. The molecule has 0 aliphatic rings. The van der Waals surface area contributed by atoms with E-state index in [0.717, 1.165) is 25.7 Å². The standard InChI is InChI=1S/C18H34O7S/c1-5-7-9-13(3)11-15(16(19)20)18(17(21)22,26(23,24)25)12-14(4)10-8-6-2/h13-15H,5-12H2,1-4H3,(H,19,20)(H,21,22)(H,23,24,25). The Morgan fingerprint density at radius 1 is 0.962 bits per heavy atom. The zero-order valence-corrected chi connectivity index (χ0v) is 17.1. The molecular weight excluding hydrogens is 360 g/mol. The van der Waals surface area contributed by atoms with Crippen LogP contribution in [0, 0.1) is 17.8 Å². The molecule has 0 saturated carbocycles. The van der Waals surface area contributed by atoms with Gasteiger partial charge in [0, 0.05) is 0 Å². The highest BCUT2D eigenvalue weighted by atomic mass is 32.2. The average Bonchev–Trinajstić information content (AvgIpc) is 2.52. The molecule has 4 atom stereocenters. The Hall–Kier alpha value is -1.15. The van der Waals surface area contributed by atoms with Crippen molar-refractivity contribution in [2.24, 2.45) is 17.8 Å². The van der Waals surface area contributed by atoms with E-state index in [1.165, 1.54) is 0 Å². The highest BCUT2D eigenvalue weighted by Crippen LogP contribution is 2.39. The fourth-order valence-electron chi connectivity index (χ4n) is 3.51. The zero-order chi connectivity index (χ0) is 20.5. The lowest BCUT2D eigenvalue weighted by atomic mass is 9.77. The molecule has 0 aromatic carbocycles. The lowest BCUT2D eigenvalue weighted by Gasteiger charge is -2.35. The van der Waals surface area contributed by atoms with Gasteiger partial charge in [0.1, 0.15) is 0 Å². The third-order valence-corrected chi connectivity index (χ3v) is 6.62. The van der Waals surface area contributed by atoms with Crippen LogP contribution in [0.4, 0.5) is 0 Å². The minimum Gasteiger partial charge on any atom is -0.481 e. The normalized spacial score (nSPS) is 17.9. The smallest absolute Gasteiger partial charge is 0.328 e. The molecule has 0 spiro atoms. The van der Waals surface area contributed by atoms with Crippen molar-refractivity contribution < 1.29 is 32.8 Å². The van der Waals surface area contributed by atoms with Gasteiger partial charge in [0.2, 0.25) is 4.75 Å². The number of hydrogen-bond donors (Lipinski definition) is 3. The summed E-state index contributed by atoms with van der Waals surface area (Å²) in [5, 5.41) is 19.4. The van der Waals surface area contributed by atoms with Crippen molar-refractivity contribution in [3.05, 3.63) is 0 Å². The summed E-state index contributed by atoms with van der Waals surface area (Å²) in [5.41, 5.74) is 0. The van der Waals surface area contributed by atoms with E-state index >= 15 is 0 Å². The predicted molar refractivity (Wildman–Crippen MR) is 99.7 cm³/mol.